The Labute approximate surface area is 152 Å². The van der Waals surface area contributed by atoms with E-state index in [2.05, 4.69) is 10.3 Å². The van der Waals surface area contributed by atoms with Crippen LogP contribution in [0.5, 0.6) is 0 Å². The summed E-state index contributed by atoms with van der Waals surface area (Å²) in [6, 6.07) is 14.7. The Hall–Kier alpha value is -3.21. The van der Waals surface area contributed by atoms with Crippen molar-refractivity contribution in [2.24, 2.45) is 0 Å². The summed E-state index contributed by atoms with van der Waals surface area (Å²) in [5.74, 6) is -0.942. The Balaban J connectivity index is 1.75. The summed E-state index contributed by atoms with van der Waals surface area (Å²) in [6.07, 6.45) is 0.691. The van der Waals surface area contributed by atoms with E-state index in [0.717, 1.165) is 22.2 Å². The van der Waals surface area contributed by atoms with Crippen molar-refractivity contribution in [3.8, 4) is 0 Å². The van der Waals surface area contributed by atoms with Gasteiger partial charge in [0.05, 0.1) is 11.1 Å². The molecular formula is C21H20N2O3. The van der Waals surface area contributed by atoms with Crippen LogP contribution < -0.4 is 5.32 Å². The topological polar surface area (TPSA) is 68.3 Å². The molecule has 132 valence electrons. The second kappa shape index (κ2) is 7.35. The highest BCUT2D eigenvalue weighted by molar-refractivity contribution is 6.04. The number of anilines is 1. The number of rotatable bonds is 4. The fraction of sp³-hybridized carbons (Fsp3) is 0.190. The molecule has 0 radical (unpaired) electrons. The van der Waals surface area contributed by atoms with Crippen LogP contribution in [0.2, 0.25) is 0 Å². The van der Waals surface area contributed by atoms with Crippen LogP contribution in [0.3, 0.4) is 0 Å². The second-order valence-corrected chi connectivity index (χ2v) is 6.18. The Morgan fingerprint density at radius 1 is 1.00 bits per heavy atom. The van der Waals surface area contributed by atoms with E-state index in [-0.39, 0.29) is 5.91 Å². The van der Waals surface area contributed by atoms with Gasteiger partial charge in [0.25, 0.3) is 5.91 Å². The SMILES string of the molecule is Cc1cccc(C)c1NC(=O)[C@H](C)OC(=O)c1cccc2cccnc12. The summed E-state index contributed by atoms with van der Waals surface area (Å²) >= 11 is 0. The van der Waals surface area contributed by atoms with E-state index in [4.69, 9.17) is 4.74 Å². The molecule has 0 saturated carbocycles. The van der Waals surface area contributed by atoms with Gasteiger partial charge < -0.3 is 10.1 Å². The Kier molecular flexibility index (Phi) is 4.98. The number of fused-ring (bicyclic) bond motifs is 1. The van der Waals surface area contributed by atoms with Gasteiger partial charge in [-0.15, -0.1) is 0 Å². The molecular weight excluding hydrogens is 328 g/mol. The lowest BCUT2D eigenvalue weighted by Gasteiger charge is -2.16. The number of carbonyl (C=O) groups excluding carboxylic acids is 2. The summed E-state index contributed by atoms with van der Waals surface area (Å²) < 4.78 is 5.37. The van der Waals surface area contributed by atoms with Crippen LogP contribution in [-0.2, 0) is 9.53 Å². The standard InChI is InChI=1S/C21H20N2O3/c1-13-7-4-8-14(2)18(13)23-20(24)15(3)26-21(25)17-11-5-9-16-10-6-12-22-19(16)17/h4-12,15H,1-3H3,(H,23,24)/t15-/m0/s1. The van der Waals surface area contributed by atoms with Gasteiger partial charge in [0.2, 0.25) is 0 Å². The van der Waals surface area contributed by atoms with Crippen LogP contribution in [0.1, 0.15) is 28.4 Å². The van der Waals surface area contributed by atoms with Crippen molar-refractivity contribution in [2.75, 3.05) is 5.32 Å². The third-order valence-corrected chi connectivity index (χ3v) is 4.23. The van der Waals surface area contributed by atoms with E-state index in [9.17, 15) is 9.59 Å². The lowest BCUT2D eigenvalue weighted by atomic mass is 10.1. The molecule has 0 bridgehead atoms. The zero-order valence-corrected chi connectivity index (χ0v) is 14.9. The zero-order valence-electron chi connectivity index (χ0n) is 14.9. The third-order valence-electron chi connectivity index (χ3n) is 4.23. The minimum Gasteiger partial charge on any atom is -0.449 e. The van der Waals surface area contributed by atoms with Gasteiger partial charge in [0.15, 0.2) is 6.10 Å². The summed E-state index contributed by atoms with van der Waals surface area (Å²) in [5.41, 5.74) is 3.55. The molecule has 2 aromatic carbocycles. The van der Waals surface area contributed by atoms with Crippen LogP contribution in [0.4, 0.5) is 5.69 Å². The number of hydrogen-bond donors (Lipinski definition) is 1. The van der Waals surface area contributed by atoms with Crippen LogP contribution in [0.15, 0.2) is 54.7 Å². The van der Waals surface area contributed by atoms with Gasteiger partial charge in [-0.05, 0) is 44.0 Å². The number of benzene rings is 2. The van der Waals surface area contributed by atoms with Crippen molar-refractivity contribution in [3.63, 3.8) is 0 Å². The van der Waals surface area contributed by atoms with Crippen molar-refractivity contribution in [2.45, 2.75) is 26.9 Å². The molecule has 0 unspecified atom stereocenters. The fourth-order valence-corrected chi connectivity index (χ4v) is 2.78. The van der Waals surface area contributed by atoms with Crippen LogP contribution in [-0.4, -0.2) is 23.0 Å². The van der Waals surface area contributed by atoms with Gasteiger partial charge in [-0.1, -0.05) is 36.4 Å². The molecule has 3 rings (SSSR count). The first kappa shape index (κ1) is 17.6. The highest BCUT2D eigenvalue weighted by Crippen LogP contribution is 2.21. The zero-order chi connectivity index (χ0) is 18.7. The van der Waals surface area contributed by atoms with Crippen molar-refractivity contribution in [1.82, 2.24) is 4.98 Å². The first-order chi connectivity index (χ1) is 12.5. The molecule has 3 aromatic rings. The number of esters is 1. The molecule has 5 nitrogen and oxygen atoms in total. The molecule has 1 N–H and O–H groups in total. The largest absolute Gasteiger partial charge is 0.449 e. The molecule has 0 aliphatic heterocycles. The average Bonchev–Trinajstić information content (AvgIpc) is 2.64. The second-order valence-electron chi connectivity index (χ2n) is 6.18. The predicted molar refractivity (Wildman–Crippen MR) is 101 cm³/mol. The van der Waals surface area contributed by atoms with Gasteiger partial charge in [-0.25, -0.2) is 4.79 Å². The van der Waals surface area contributed by atoms with Gasteiger partial charge >= 0.3 is 5.97 Å². The average molecular weight is 348 g/mol. The molecule has 5 heteroatoms. The minimum atomic E-state index is -0.930. The molecule has 0 saturated heterocycles. The number of ether oxygens (including phenoxy) is 1. The van der Waals surface area contributed by atoms with Crippen LogP contribution in [0.25, 0.3) is 10.9 Å². The van der Waals surface area contributed by atoms with Crippen molar-refractivity contribution in [3.05, 3.63) is 71.4 Å². The smallest absolute Gasteiger partial charge is 0.341 e. The monoisotopic (exact) mass is 348 g/mol. The number of aryl methyl sites for hydroxylation is 2. The summed E-state index contributed by atoms with van der Waals surface area (Å²) in [7, 11) is 0. The van der Waals surface area contributed by atoms with Gasteiger partial charge in [-0.3, -0.25) is 9.78 Å². The van der Waals surface area contributed by atoms with E-state index in [1.807, 2.05) is 44.2 Å². The normalized spacial score (nSPS) is 11.8. The Bertz CT molecular complexity index is 956. The molecule has 1 amide bonds. The highest BCUT2D eigenvalue weighted by Gasteiger charge is 2.21. The van der Waals surface area contributed by atoms with Crippen molar-refractivity contribution >= 4 is 28.5 Å². The molecule has 26 heavy (non-hydrogen) atoms. The van der Waals surface area contributed by atoms with Gasteiger partial charge in [0, 0.05) is 17.3 Å². The minimum absolute atomic E-state index is 0.342. The number of carbonyl (C=O) groups is 2. The quantitative estimate of drug-likeness (QED) is 0.723. The molecule has 0 spiro atoms. The molecule has 0 aliphatic rings. The van der Waals surface area contributed by atoms with E-state index in [1.165, 1.54) is 0 Å². The van der Waals surface area contributed by atoms with Gasteiger partial charge in [-0.2, -0.15) is 0 Å². The number of nitrogens with one attached hydrogen (secondary N) is 1. The van der Waals surface area contributed by atoms with Gasteiger partial charge in [0.1, 0.15) is 0 Å². The first-order valence-corrected chi connectivity index (χ1v) is 8.39. The third kappa shape index (κ3) is 3.57. The number of aromatic nitrogens is 1. The van der Waals surface area contributed by atoms with Crippen molar-refractivity contribution in [1.29, 1.82) is 0 Å². The summed E-state index contributed by atoms with van der Waals surface area (Å²) in [6.45, 7) is 5.39. The lowest BCUT2D eigenvalue weighted by Crippen LogP contribution is -2.30. The van der Waals surface area contributed by atoms with Crippen molar-refractivity contribution < 1.29 is 14.3 Å². The maximum atomic E-state index is 12.5. The van der Waals surface area contributed by atoms with Crippen LogP contribution in [0, 0.1) is 13.8 Å². The Morgan fingerprint density at radius 2 is 1.65 bits per heavy atom. The van der Waals surface area contributed by atoms with E-state index >= 15 is 0 Å². The number of hydrogen-bond acceptors (Lipinski definition) is 4. The van der Waals surface area contributed by atoms with E-state index in [1.54, 1.807) is 31.3 Å². The van der Waals surface area contributed by atoms with Crippen LogP contribution >= 0.6 is 0 Å². The molecule has 0 fully saturated rings. The number of amides is 1. The van der Waals surface area contributed by atoms with E-state index < -0.39 is 12.1 Å². The lowest BCUT2D eigenvalue weighted by molar-refractivity contribution is -0.123. The first-order valence-electron chi connectivity index (χ1n) is 8.39. The summed E-state index contributed by atoms with van der Waals surface area (Å²) in [5, 5.41) is 3.68. The maximum absolute atomic E-state index is 12.5. The Morgan fingerprint density at radius 3 is 2.38 bits per heavy atom. The van der Waals surface area contributed by atoms with E-state index in [0.29, 0.717) is 11.1 Å². The molecule has 1 atom stereocenters. The molecule has 1 aromatic heterocycles. The number of para-hydroxylation sites is 2. The summed E-state index contributed by atoms with van der Waals surface area (Å²) in [4.78, 5) is 29.2. The highest BCUT2D eigenvalue weighted by atomic mass is 16.5. The molecule has 1 heterocycles. The number of pyridine rings is 1. The molecule has 0 aliphatic carbocycles. The maximum Gasteiger partial charge on any atom is 0.341 e. The fourth-order valence-electron chi connectivity index (χ4n) is 2.78. The number of nitrogens with zero attached hydrogens (tertiary/aromatic N) is 1. The predicted octanol–water partition coefficient (Wildman–Crippen LogP) is 4.04.